The molecule has 34 heavy (non-hydrogen) atoms. The van der Waals surface area contributed by atoms with Gasteiger partial charge in [0.2, 0.25) is 5.91 Å². The molecule has 4 rings (SSSR count). The molecule has 1 aliphatic heterocycles. The molecule has 1 saturated carbocycles. The fraction of sp³-hybridized carbons (Fsp3) is 0.600. The molecule has 0 spiro atoms. The van der Waals surface area contributed by atoms with Crippen molar-refractivity contribution >= 4 is 32.8 Å². The van der Waals surface area contributed by atoms with Crippen LogP contribution in [0.25, 0.3) is 10.9 Å². The van der Waals surface area contributed by atoms with Crippen molar-refractivity contribution in [1.29, 1.82) is 0 Å². The standard InChI is InChI=1S/C25H37N5O3S/c1-17-5-4-6-19-9-12-22(29-23(17)19)30-14-13-21(25(2,3)16-30)24(31)28-20-10-7-18(8-11-20)15-27-34(26,32)33/h4-6,9,12,18,20-21,27H,7-8,10-11,13-16H2,1-3H3,(H,28,31)(H2,26,32,33)/t18-,20+,21-/m1/s1. The second-order valence-electron chi connectivity index (χ2n) is 10.7. The summed E-state index contributed by atoms with van der Waals surface area (Å²) in [5.74, 6) is 1.33. The number of fused-ring (bicyclic) bond motifs is 1. The van der Waals surface area contributed by atoms with E-state index in [4.69, 9.17) is 10.1 Å². The van der Waals surface area contributed by atoms with Crippen LogP contribution in [0.2, 0.25) is 0 Å². The number of aromatic nitrogens is 1. The Labute approximate surface area is 202 Å². The molecule has 2 fully saturated rings. The fourth-order valence-corrected chi connectivity index (χ4v) is 6.01. The molecule has 1 amide bonds. The molecule has 8 nitrogen and oxygen atoms in total. The van der Waals surface area contributed by atoms with Crippen molar-refractivity contribution in [2.24, 2.45) is 22.4 Å². The van der Waals surface area contributed by atoms with Crippen LogP contribution in [0.3, 0.4) is 0 Å². The average molecular weight is 488 g/mol. The Kier molecular flexibility index (Phi) is 7.17. The highest BCUT2D eigenvalue weighted by Gasteiger charge is 2.41. The third-order valence-corrected chi connectivity index (χ3v) is 8.11. The van der Waals surface area contributed by atoms with Crippen molar-refractivity contribution in [2.45, 2.75) is 58.9 Å². The summed E-state index contributed by atoms with van der Waals surface area (Å²) in [5, 5.41) is 9.46. The Bertz CT molecular complexity index is 1140. The summed E-state index contributed by atoms with van der Waals surface area (Å²) >= 11 is 0. The third-order valence-electron chi connectivity index (χ3n) is 7.54. The van der Waals surface area contributed by atoms with E-state index in [2.05, 4.69) is 66.0 Å². The van der Waals surface area contributed by atoms with Gasteiger partial charge >= 0.3 is 0 Å². The van der Waals surface area contributed by atoms with E-state index in [1.807, 2.05) is 0 Å². The average Bonchev–Trinajstić information content (AvgIpc) is 2.77. The lowest BCUT2D eigenvalue weighted by atomic mass is 9.73. The van der Waals surface area contributed by atoms with Crippen molar-refractivity contribution in [3.8, 4) is 0 Å². The first-order valence-electron chi connectivity index (χ1n) is 12.2. The van der Waals surface area contributed by atoms with Crippen LogP contribution >= 0.6 is 0 Å². The topological polar surface area (TPSA) is 117 Å². The smallest absolute Gasteiger partial charge is 0.274 e. The number of nitrogens with one attached hydrogen (secondary N) is 2. The van der Waals surface area contributed by atoms with Crippen molar-refractivity contribution in [3.63, 3.8) is 0 Å². The number of carbonyl (C=O) groups is 1. The van der Waals surface area contributed by atoms with Crippen LogP contribution in [-0.2, 0) is 15.0 Å². The minimum atomic E-state index is -3.65. The molecule has 0 unspecified atom stereocenters. The first kappa shape index (κ1) is 24.9. The van der Waals surface area contributed by atoms with Gasteiger partial charge in [-0.3, -0.25) is 4.79 Å². The molecule has 1 aromatic carbocycles. The van der Waals surface area contributed by atoms with Gasteiger partial charge in [-0.05, 0) is 68.1 Å². The minimum absolute atomic E-state index is 0.0484. The number of hydrogen-bond donors (Lipinski definition) is 3. The Morgan fingerprint density at radius 3 is 2.56 bits per heavy atom. The van der Waals surface area contributed by atoms with Gasteiger partial charge in [-0.2, -0.15) is 8.42 Å². The van der Waals surface area contributed by atoms with Gasteiger partial charge in [-0.1, -0.05) is 32.0 Å². The number of nitrogens with zero attached hydrogens (tertiary/aromatic N) is 2. The Hall–Kier alpha value is -2.23. The first-order valence-corrected chi connectivity index (χ1v) is 13.8. The maximum atomic E-state index is 13.2. The zero-order valence-electron chi connectivity index (χ0n) is 20.4. The molecule has 2 aromatic rings. The van der Waals surface area contributed by atoms with Crippen molar-refractivity contribution in [2.75, 3.05) is 24.5 Å². The second-order valence-corrected chi connectivity index (χ2v) is 12.1. The number of carbonyl (C=O) groups excluding carboxylic acids is 1. The van der Waals surface area contributed by atoms with E-state index in [1.165, 1.54) is 5.56 Å². The predicted octanol–water partition coefficient (Wildman–Crippen LogP) is 2.86. The number of para-hydroxylation sites is 1. The van der Waals surface area contributed by atoms with Gasteiger partial charge in [0.25, 0.3) is 10.2 Å². The maximum Gasteiger partial charge on any atom is 0.274 e. The van der Waals surface area contributed by atoms with E-state index in [1.54, 1.807) is 0 Å². The minimum Gasteiger partial charge on any atom is -0.356 e. The number of pyridine rings is 1. The molecule has 1 aliphatic carbocycles. The van der Waals surface area contributed by atoms with Gasteiger partial charge in [0, 0.05) is 37.0 Å². The molecule has 4 N–H and O–H groups in total. The van der Waals surface area contributed by atoms with Gasteiger partial charge in [-0.15, -0.1) is 0 Å². The number of hydrogen-bond acceptors (Lipinski definition) is 5. The number of benzene rings is 1. The van der Waals surface area contributed by atoms with E-state index in [9.17, 15) is 13.2 Å². The van der Waals surface area contributed by atoms with Crippen molar-refractivity contribution in [3.05, 3.63) is 35.9 Å². The summed E-state index contributed by atoms with van der Waals surface area (Å²) < 4.78 is 24.6. The lowest BCUT2D eigenvalue weighted by Crippen LogP contribution is -2.53. The van der Waals surface area contributed by atoms with Crippen LogP contribution in [0.1, 0.15) is 51.5 Å². The van der Waals surface area contributed by atoms with Crippen LogP contribution in [-0.4, -0.2) is 45.0 Å². The number of anilines is 1. The second kappa shape index (κ2) is 9.79. The van der Waals surface area contributed by atoms with Crippen LogP contribution < -0.4 is 20.1 Å². The first-order chi connectivity index (χ1) is 16.0. The van der Waals surface area contributed by atoms with E-state index < -0.39 is 10.2 Å². The highest BCUT2D eigenvalue weighted by atomic mass is 32.2. The van der Waals surface area contributed by atoms with Crippen LogP contribution in [0.4, 0.5) is 5.82 Å². The van der Waals surface area contributed by atoms with Crippen LogP contribution in [0, 0.1) is 24.2 Å². The SMILES string of the molecule is Cc1cccc2ccc(N3CC[C@H](C(=O)N[C@H]4CC[C@@H](CNS(N)(=O)=O)CC4)C(C)(C)C3)nc12. The lowest BCUT2D eigenvalue weighted by molar-refractivity contribution is -0.130. The zero-order valence-corrected chi connectivity index (χ0v) is 21.2. The molecule has 1 aromatic heterocycles. The number of nitrogens with two attached hydrogens (primary N) is 1. The van der Waals surface area contributed by atoms with E-state index in [-0.39, 0.29) is 29.2 Å². The zero-order chi connectivity index (χ0) is 24.5. The molecular weight excluding hydrogens is 450 g/mol. The summed E-state index contributed by atoms with van der Waals surface area (Å²) in [7, 11) is -3.65. The predicted molar refractivity (Wildman–Crippen MR) is 136 cm³/mol. The van der Waals surface area contributed by atoms with Crippen molar-refractivity contribution in [1.82, 2.24) is 15.0 Å². The molecule has 2 aliphatic rings. The van der Waals surface area contributed by atoms with E-state index >= 15 is 0 Å². The number of rotatable bonds is 6. The third kappa shape index (κ3) is 5.87. The van der Waals surface area contributed by atoms with Crippen molar-refractivity contribution < 1.29 is 13.2 Å². The van der Waals surface area contributed by atoms with Gasteiger partial charge in [-0.25, -0.2) is 14.8 Å². The molecule has 2 heterocycles. The summed E-state index contributed by atoms with van der Waals surface area (Å²) in [6.45, 7) is 8.38. The number of aryl methyl sites for hydroxylation is 1. The van der Waals surface area contributed by atoms with Gasteiger partial charge in [0.1, 0.15) is 5.82 Å². The van der Waals surface area contributed by atoms with Gasteiger partial charge in [0.05, 0.1) is 5.52 Å². The van der Waals surface area contributed by atoms with Crippen LogP contribution in [0.5, 0.6) is 0 Å². The van der Waals surface area contributed by atoms with Gasteiger partial charge < -0.3 is 10.2 Å². The number of amides is 1. The Morgan fingerprint density at radius 1 is 1.15 bits per heavy atom. The fourth-order valence-electron chi connectivity index (χ4n) is 5.55. The Morgan fingerprint density at radius 2 is 1.88 bits per heavy atom. The maximum absolute atomic E-state index is 13.2. The van der Waals surface area contributed by atoms with Gasteiger partial charge in [0.15, 0.2) is 0 Å². The largest absolute Gasteiger partial charge is 0.356 e. The van der Waals surface area contributed by atoms with E-state index in [0.29, 0.717) is 6.54 Å². The molecule has 0 radical (unpaired) electrons. The molecule has 186 valence electrons. The lowest BCUT2D eigenvalue weighted by Gasteiger charge is -2.44. The summed E-state index contributed by atoms with van der Waals surface area (Å²) in [6.07, 6.45) is 4.27. The normalized spacial score (nSPS) is 25.3. The van der Waals surface area contributed by atoms with E-state index in [0.717, 1.165) is 61.9 Å². The highest BCUT2D eigenvalue weighted by Crippen LogP contribution is 2.37. The number of piperidine rings is 1. The van der Waals surface area contributed by atoms with Crippen LogP contribution in [0.15, 0.2) is 30.3 Å². The summed E-state index contributed by atoms with van der Waals surface area (Å²) in [6, 6.07) is 10.6. The molecular formula is C25H37N5O3S. The highest BCUT2D eigenvalue weighted by molar-refractivity contribution is 7.87. The summed E-state index contributed by atoms with van der Waals surface area (Å²) in [4.78, 5) is 20.5. The monoisotopic (exact) mass is 487 g/mol. The Balaban J connectivity index is 1.33. The molecule has 1 saturated heterocycles. The quantitative estimate of drug-likeness (QED) is 0.579. The molecule has 0 bridgehead atoms. The summed E-state index contributed by atoms with van der Waals surface area (Å²) in [5.41, 5.74) is 2.02. The molecule has 1 atom stereocenters. The molecule has 9 heteroatoms.